The molecular weight excluding hydrogens is 374 g/mol. The van der Waals surface area contributed by atoms with Crippen molar-refractivity contribution in [3.05, 3.63) is 24.3 Å². The Kier molecular flexibility index (Phi) is 4.95. The summed E-state index contributed by atoms with van der Waals surface area (Å²) in [4.78, 5) is 25.2. The molecule has 1 aliphatic heterocycles. The van der Waals surface area contributed by atoms with Crippen LogP contribution < -0.4 is 5.73 Å². The third kappa shape index (κ3) is 3.23. The van der Waals surface area contributed by atoms with E-state index in [1.165, 1.54) is 17.1 Å². The Bertz CT molecular complexity index is 1040. The Balaban J connectivity index is 1.74. The second-order valence-corrected chi connectivity index (χ2v) is 7.32. The average Bonchev–Trinajstić information content (AvgIpc) is 3.41. The van der Waals surface area contributed by atoms with E-state index in [1.807, 2.05) is 4.57 Å². The van der Waals surface area contributed by atoms with Gasteiger partial charge in [0.05, 0.1) is 30.8 Å². The van der Waals surface area contributed by atoms with E-state index in [9.17, 15) is 4.79 Å². The summed E-state index contributed by atoms with van der Waals surface area (Å²) in [5.41, 5.74) is 7.53. The molecule has 1 saturated heterocycles. The second-order valence-electron chi connectivity index (χ2n) is 7.32. The van der Waals surface area contributed by atoms with Gasteiger partial charge < -0.3 is 15.2 Å². The van der Waals surface area contributed by atoms with Crippen molar-refractivity contribution in [2.75, 3.05) is 12.3 Å². The van der Waals surface area contributed by atoms with Gasteiger partial charge in [-0.15, -0.1) is 0 Å². The number of hydrogen-bond acceptors (Lipinski definition) is 8. The molecule has 10 nitrogen and oxygen atoms in total. The number of nitrogen functional groups attached to an aromatic ring is 1. The molecule has 2 unspecified atom stereocenters. The van der Waals surface area contributed by atoms with Crippen molar-refractivity contribution < 1.29 is 14.3 Å². The Labute approximate surface area is 168 Å². The normalized spacial score (nSPS) is 24.3. The molecule has 3 aromatic rings. The van der Waals surface area contributed by atoms with Gasteiger partial charge in [0, 0.05) is 12.1 Å². The molecule has 4 heterocycles. The smallest absolute Gasteiger partial charge is 0.341 e. The van der Waals surface area contributed by atoms with Crippen molar-refractivity contribution >= 4 is 23.0 Å². The zero-order valence-corrected chi connectivity index (χ0v) is 16.9. The number of rotatable bonds is 5. The van der Waals surface area contributed by atoms with Crippen LogP contribution >= 0.6 is 0 Å². The van der Waals surface area contributed by atoms with Gasteiger partial charge in [0.15, 0.2) is 11.5 Å². The monoisotopic (exact) mass is 399 g/mol. The minimum absolute atomic E-state index is 0.185. The highest BCUT2D eigenvalue weighted by molar-refractivity contribution is 5.89. The molecule has 0 saturated carbocycles. The number of nitrogens with two attached hydrogens (primary N) is 1. The zero-order valence-electron chi connectivity index (χ0n) is 16.9. The topological polar surface area (TPSA) is 123 Å². The first-order valence-corrected chi connectivity index (χ1v) is 9.82. The number of aromatic nitrogens is 6. The van der Waals surface area contributed by atoms with Crippen LogP contribution in [0.15, 0.2) is 18.7 Å². The maximum Gasteiger partial charge on any atom is 0.341 e. The molecule has 154 valence electrons. The largest absolute Gasteiger partial charge is 0.462 e. The SMILES string of the molecule is CCOC(=O)c1cnn(-c2nc(N)c3ncn(C4OC(CC)[C@@H](C)[C@H]4C)c3n2)c1. The third-order valence-electron chi connectivity index (χ3n) is 5.59. The minimum Gasteiger partial charge on any atom is -0.462 e. The first kappa shape index (κ1) is 19.3. The summed E-state index contributed by atoms with van der Waals surface area (Å²) < 4.78 is 14.6. The number of anilines is 1. The maximum atomic E-state index is 11.9. The first-order valence-electron chi connectivity index (χ1n) is 9.82. The predicted octanol–water partition coefficient (Wildman–Crippen LogP) is 2.35. The fourth-order valence-corrected chi connectivity index (χ4v) is 3.78. The van der Waals surface area contributed by atoms with Crippen LogP contribution in [-0.2, 0) is 9.47 Å². The number of carbonyl (C=O) groups is 1. The van der Waals surface area contributed by atoms with Crippen LogP contribution in [0.3, 0.4) is 0 Å². The first-order chi connectivity index (χ1) is 13.9. The van der Waals surface area contributed by atoms with Crippen molar-refractivity contribution in [3.8, 4) is 5.95 Å². The number of imidazole rings is 1. The third-order valence-corrected chi connectivity index (χ3v) is 5.59. The van der Waals surface area contributed by atoms with Crippen LogP contribution in [0.2, 0.25) is 0 Å². The molecule has 1 fully saturated rings. The maximum absolute atomic E-state index is 11.9. The Morgan fingerprint density at radius 3 is 2.76 bits per heavy atom. The Morgan fingerprint density at radius 2 is 2.07 bits per heavy atom. The van der Waals surface area contributed by atoms with E-state index < -0.39 is 5.97 Å². The summed E-state index contributed by atoms with van der Waals surface area (Å²) in [6.45, 7) is 8.53. The van der Waals surface area contributed by atoms with E-state index >= 15 is 0 Å². The second kappa shape index (κ2) is 7.43. The number of ether oxygens (including phenoxy) is 2. The van der Waals surface area contributed by atoms with Crippen molar-refractivity contribution in [1.82, 2.24) is 29.3 Å². The van der Waals surface area contributed by atoms with Crippen molar-refractivity contribution in [2.24, 2.45) is 11.8 Å². The Morgan fingerprint density at radius 1 is 1.28 bits per heavy atom. The highest BCUT2D eigenvalue weighted by Crippen LogP contribution is 2.41. The minimum atomic E-state index is -0.453. The fraction of sp³-hybridized carbons (Fsp3) is 0.526. The molecule has 2 N–H and O–H groups in total. The van der Waals surface area contributed by atoms with Crippen molar-refractivity contribution in [1.29, 1.82) is 0 Å². The van der Waals surface area contributed by atoms with Gasteiger partial charge in [-0.1, -0.05) is 20.8 Å². The number of esters is 1. The van der Waals surface area contributed by atoms with Gasteiger partial charge in [-0.2, -0.15) is 15.1 Å². The average molecular weight is 399 g/mol. The lowest BCUT2D eigenvalue weighted by Gasteiger charge is -2.18. The number of hydrogen-bond donors (Lipinski definition) is 1. The van der Waals surface area contributed by atoms with Gasteiger partial charge >= 0.3 is 5.97 Å². The van der Waals surface area contributed by atoms with E-state index in [-0.39, 0.29) is 36.6 Å². The standard InChI is InChI=1S/C19H25N7O3/c1-5-13-10(3)11(4)17(29-13)25-9-21-14-15(20)23-19(24-16(14)25)26-8-12(7-22-26)18(27)28-6-2/h7-11,13,17H,5-6H2,1-4H3,(H2,20,23,24)/t10-,11+,13?,17?/m0/s1. The molecular formula is C19H25N7O3. The highest BCUT2D eigenvalue weighted by Gasteiger charge is 2.39. The van der Waals surface area contributed by atoms with E-state index in [0.717, 1.165) is 6.42 Å². The number of carbonyl (C=O) groups excluding carboxylic acids is 1. The highest BCUT2D eigenvalue weighted by atomic mass is 16.5. The summed E-state index contributed by atoms with van der Waals surface area (Å²) in [6, 6.07) is 0. The molecule has 0 aromatic carbocycles. The van der Waals surface area contributed by atoms with E-state index in [0.29, 0.717) is 22.6 Å². The van der Waals surface area contributed by atoms with Crippen LogP contribution in [-0.4, -0.2) is 48.0 Å². The summed E-state index contributed by atoms with van der Waals surface area (Å²) in [6.07, 6.45) is 5.57. The lowest BCUT2D eigenvalue weighted by atomic mass is 9.91. The zero-order chi connectivity index (χ0) is 20.7. The fourth-order valence-electron chi connectivity index (χ4n) is 3.78. The lowest BCUT2D eigenvalue weighted by molar-refractivity contribution is -0.0120. The van der Waals surface area contributed by atoms with Crippen molar-refractivity contribution in [2.45, 2.75) is 46.4 Å². The molecule has 4 atom stereocenters. The molecule has 0 amide bonds. The van der Waals surface area contributed by atoms with Gasteiger partial charge in [-0.3, -0.25) is 4.57 Å². The van der Waals surface area contributed by atoms with Gasteiger partial charge in [-0.25, -0.2) is 14.5 Å². The molecule has 0 bridgehead atoms. The summed E-state index contributed by atoms with van der Waals surface area (Å²) in [7, 11) is 0. The quantitative estimate of drug-likeness (QED) is 0.649. The van der Waals surface area contributed by atoms with Crippen LogP contribution in [0.25, 0.3) is 17.1 Å². The summed E-state index contributed by atoms with van der Waals surface area (Å²) >= 11 is 0. The molecule has 4 rings (SSSR count). The molecule has 0 spiro atoms. The summed E-state index contributed by atoms with van der Waals surface area (Å²) in [5, 5.41) is 4.18. The molecule has 10 heteroatoms. The van der Waals surface area contributed by atoms with Gasteiger partial charge in [-0.05, 0) is 19.3 Å². The molecule has 29 heavy (non-hydrogen) atoms. The van der Waals surface area contributed by atoms with E-state index in [4.69, 9.17) is 15.2 Å². The van der Waals surface area contributed by atoms with Gasteiger partial charge in [0.2, 0.25) is 0 Å². The van der Waals surface area contributed by atoms with Crippen LogP contribution in [0.4, 0.5) is 5.82 Å². The van der Waals surface area contributed by atoms with E-state index in [2.05, 4.69) is 40.8 Å². The number of nitrogens with zero attached hydrogens (tertiary/aromatic N) is 6. The lowest BCUT2D eigenvalue weighted by Crippen LogP contribution is -2.16. The van der Waals surface area contributed by atoms with Crippen LogP contribution in [0, 0.1) is 11.8 Å². The molecule has 0 radical (unpaired) electrons. The van der Waals surface area contributed by atoms with Crippen molar-refractivity contribution in [3.63, 3.8) is 0 Å². The summed E-state index contributed by atoms with van der Waals surface area (Å²) in [5.74, 6) is 0.739. The molecule has 0 aliphatic carbocycles. The number of fused-ring (bicyclic) bond motifs is 1. The van der Waals surface area contributed by atoms with Gasteiger partial charge in [0.1, 0.15) is 11.7 Å². The van der Waals surface area contributed by atoms with Crippen LogP contribution in [0.1, 0.15) is 50.7 Å². The molecule has 3 aromatic heterocycles. The van der Waals surface area contributed by atoms with Gasteiger partial charge in [0.25, 0.3) is 5.95 Å². The molecule has 1 aliphatic rings. The van der Waals surface area contributed by atoms with E-state index in [1.54, 1.807) is 13.3 Å². The predicted molar refractivity (Wildman–Crippen MR) is 105 cm³/mol. The van der Waals surface area contributed by atoms with Crippen LogP contribution in [0.5, 0.6) is 0 Å². The Hall–Kier alpha value is -3.01.